The zero-order chi connectivity index (χ0) is 22.6. The number of hydrogen-bond donors (Lipinski definition) is 2. The van der Waals surface area contributed by atoms with Crippen LogP contribution in [0.25, 0.3) is 0 Å². The molecule has 4 rings (SSSR count). The maximum Gasteiger partial charge on any atom is 0.397 e. The van der Waals surface area contributed by atoms with Gasteiger partial charge < -0.3 is 5.11 Å². The number of carboxylic acid groups (broad SMARTS) is 1. The Hall–Kier alpha value is -0.920. The molecule has 0 amide bonds. The molecule has 0 aliphatic heterocycles. The average Bonchev–Trinajstić information content (AvgIpc) is 3.02. The van der Waals surface area contributed by atoms with Crippen LogP contribution in [0.4, 0.5) is 0 Å². The molecular weight excluding hydrogens is 416 g/mol. The fourth-order valence-electron chi connectivity index (χ4n) is 8.41. The molecule has 0 spiro atoms. The van der Waals surface area contributed by atoms with Crippen molar-refractivity contribution < 1.29 is 27.1 Å². The maximum atomic E-state index is 11.2. The number of carboxylic acids is 1. The molecule has 176 valence electrons. The van der Waals surface area contributed by atoms with Gasteiger partial charge in [-0.1, -0.05) is 32.4 Å². The van der Waals surface area contributed by atoms with Crippen LogP contribution in [0, 0.1) is 40.4 Å². The normalized spacial score (nSPS) is 43.4. The van der Waals surface area contributed by atoms with E-state index in [1.807, 2.05) is 0 Å². The van der Waals surface area contributed by atoms with Crippen molar-refractivity contribution in [3.63, 3.8) is 0 Å². The van der Waals surface area contributed by atoms with E-state index in [0.29, 0.717) is 47.8 Å². The highest BCUT2D eigenvalue weighted by Crippen LogP contribution is 2.67. The summed E-state index contributed by atoms with van der Waals surface area (Å²) in [5, 5.41) is 9.11. The van der Waals surface area contributed by atoms with Gasteiger partial charge in [0.2, 0.25) is 0 Å². The maximum absolute atomic E-state index is 11.2. The van der Waals surface area contributed by atoms with Crippen LogP contribution in [0.3, 0.4) is 0 Å². The Morgan fingerprint density at radius 3 is 2.61 bits per heavy atom. The van der Waals surface area contributed by atoms with Gasteiger partial charge in [-0.3, -0.25) is 9.35 Å². The van der Waals surface area contributed by atoms with Crippen molar-refractivity contribution in [3.8, 4) is 0 Å². The summed E-state index contributed by atoms with van der Waals surface area (Å²) in [5.74, 6) is 2.32. The lowest BCUT2D eigenvalue weighted by atomic mass is 9.47. The number of carbonyl (C=O) groups is 1. The van der Waals surface area contributed by atoms with E-state index in [0.717, 1.165) is 19.3 Å². The van der Waals surface area contributed by atoms with Gasteiger partial charge in [0.05, 0.1) is 6.10 Å². The first-order chi connectivity index (χ1) is 14.4. The second kappa shape index (κ2) is 8.14. The van der Waals surface area contributed by atoms with Crippen molar-refractivity contribution in [2.75, 3.05) is 0 Å². The Morgan fingerprint density at radius 2 is 1.94 bits per heavy atom. The summed E-state index contributed by atoms with van der Waals surface area (Å²) in [5.41, 5.74) is 1.71. The summed E-state index contributed by atoms with van der Waals surface area (Å²) in [7, 11) is -4.41. The van der Waals surface area contributed by atoms with Crippen LogP contribution >= 0.6 is 0 Å². The van der Waals surface area contributed by atoms with Crippen LogP contribution in [0.2, 0.25) is 0 Å². The second-order valence-electron chi connectivity index (χ2n) is 11.3. The molecule has 0 aromatic heterocycles. The summed E-state index contributed by atoms with van der Waals surface area (Å²) in [6.07, 6.45) is 11.0. The molecule has 3 saturated carbocycles. The summed E-state index contributed by atoms with van der Waals surface area (Å²) in [4.78, 5) is 11.1. The first-order valence-electron chi connectivity index (χ1n) is 12.0. The van der Waals surface area contributed by atoms with E-state index in [2.05, 4.69) is 26.8 Å². The van der Waals surface area contributed by atoms with Crippen LogP contribution in [-0.2, 0) is 19.4 Å². The van der Waals surface area contributed by atoms with E-state index in [4.69, 9.17) is 13.8 Å². The van der Waals surface area contributed by atoms with Crippen molar-refractivity contribution in [1.82, 2.24) is 0 Å². The minimum atomic E-state index is -4.41. The standard InChI is InChI=1S/C24H38O6S/c1-15(4-9-22(25)26)19-7-8-20-18-6-5-16-14-17(30-31(27,28)29)10-12-23(16,2)21(18)11-13-24(19,20)3/h5,15,17-21H,4,6-14H2,1-3H3,(H,25,26)(H,27,28,29)/t15-,17+,18+,19-,20+,21+,23+,24-/m1/s1. The van der Waals surface area contributed by atoms with Crippen LogP contribution in [0.1, 0.15) is 85.0 Å². The zero-order valence-electron chi connectivity index (χ0n) is 19.0. The lowest BCUT2D eigenvalue weighted by Crippen LogP contribution is -2.51. The number of hydrogen-bond acceptors (Lipinski definition) is 4. The van der Waals surface area contributed by atoms with Gasteiger partial charge in [0.25, 0.3) is 0 Å². The monoisotopic (exact) mass is 454 g/mol. The van der Waals surface area contributed by atoms with Gasteiger partial charge in [0.1, 0.15) is 0 Å². The molecule has 31 heavy (non-hydrogen) atoms. The highest BCUT2D eigenvalue weighted by Gasteiger charge is 2.59. The van der Waals surface area contributed by atoms with Crippen molar-refractivity contribution in [1.29, 1.82) is 0 Å². The molecule has 0 heterocycles. The number of fused-ring (bicyclic) bond motifs is 5. The van der Waals surface area contributed by atoms with Gasteiger partial charge in [-0.05, 0) is 98.2 Å². The Bertz CT molecular complexity index is 850. The third kappa shape index (κ3) is 4.22. The Labute approximate surface area is 186 Å². The average molecular weight is 455 g/mol. The Balaban J connectivity index is 1.51. The highest BCUT2D eigenvalue weighted by atomic mass is 32.3. The lowest BCUT2D eigenvalue weighted by molar-refractivity contribution is -0.137. The molecule has 4 aliphatic carbocycles. The summed E-state index contributed by atoms with van der Waals surface area (Å²) in [6.45, 7) is 7.09. The van der Waals surface area contributed by atoms with Crippen molar-refractivity contribution in [2.24, 2.45) is 40.4 Å². The number of allylic oxidation sites excluding steroid dienone is 1. The SMILES string of the molecule is C[C@H](CCC(=O)O)[C@H]1CC[C@H]2[C@@H]3CC=C4C[C@@H](OS(=O)(=O)O)CC[C@]4(C)[C@H]3CC[C@]12C. The molecule has 0 saturated heterocycles. The number of rotatable bonds is 6. The van der Waals surface area contributed by atoms with Gasteiger partial charge in [0, 0.05) is 6.42 Å². The fraction of sp³-hybridized carbons (Fsp3) is 0.875. The van der Waals surface area contributed by atoms with Crippen LogP contribution in [-0.4, -0.2) is 30.2 Å². The van der Waals surface area contributed by atoms with Crippen molar-refractivity contribution >= 4 is 16.4 Å². The van der Waals surface area contributed by atoms with Gasteiger partial charge in [0.15, 0.2) is 0 Å². The Kier molecular flexibility index (Phi) is 6.10. The topological polar surface area (TPSA) is 101 Å². The first-order valence-corrected chi connectivity index (χ1v) is 13.4. The molecule has 2 N–H and O–H groups in total. The molecule has 8 atom stereocenters. The van der Waals surface area contributed by atoms with Gasteiger partial charge in [-0.25, -0.2) is 4.18 Å². The van der Waals surface area contributed by atoms with Crippen molar-refractivity contribution in [3.05, 3.63) is 11.6 Å². The van der Waals surface area contributed by atoms with E-state index in [9.17, 15) is 13.2 Å². The predicted molar refractivity (Wildman–Crippen MR) is 118 cm³/mol. The van der Waals surface area contributed by atoms with E-state index in [1.54, 1.807) is 0 Å². The molecule has 7 heteroatoms. The molecule has 0 unspecified atom stereocenters. The lowest BCUT2D eigenvalue weighted by Gasteiger charge is -2.58. The molecule has 6 nitrogen and oxygen atoms in total. The molecule has 4 aliphatic rings. The molecule has 3 fully saturated rings. The third-order valence-corrected chi connectivity index (χ3v) is 10.4. The van der Waals surface area contributed by atoms with E-state index < -0.39 is 22.5 Å². The second-order valence-corrected chi connectivity index (χ2v) is 12.3. The van der Waals surface area contributed by atoms with Crippen LogP contribution in [0.5, 0.6) is 0 Å². The molecular formula is C24H38O6S. The summed E-state index contributed by atoms with van der Waals surface area (Å²) >= 11 is 0. The molecule has 0 aromatic carbocycles. The zero-order valence-corrected chi connectivity index (χ0v) is 19.9. The Morgan fingerprint density at radius 1 is 1.19 bits per heavy atom. The van der Waals surface area contributed by atoms with Gasteiger partial charge in [-0.2, -0.15) is 8.42 Å². The van der Waals surface area contributed by atoms with Gasteiger partial charge >= 0.3 is 16.4 Å². The largest absolute Gasteiger partial charge is 0.481 e. The fourth-order valence-corrected chi connectivity index (χ4v) is 8.92. The minimum absolute atomic E-state index is 0.0936. The number of aliphatic carboxylic acids is 1. The first kappa shape index (κ1) is 23.2. The van der Waals surface area contributed by atoms with E-state index >= 15 is 0 Å². The molecule has 0 aromatic rings. The summed E-state index contributed by atoms with van der Waals surface area (Å²) < 4.78 is 36.4. The van der Waals surface area contributed by atoms with E-state index in [-0.39, 0.29) is 11.8 Å². The summed E-state index contributed by atoms with van der Waals surface area (Å²) in [6, 6.07) is 0. The van der Waals surface area contributed by atoms with E-state index in [1.165, 1.54) is 31.3 Å². The molecule has 0 bridgehead atoms. The third-order valence-electron chi connectivity index (χ3n) is 9.89. The highest BCUT2D eigenvalue weighted by molar-refractivity contribution is 7.80. The van der Waals surface area contributed by atoms with Crippen LogP contribution in [0.15, 0.2) is 11.6 Å². The van der Waals surface area contributed by atoms with Crippen molar-refractivity contribution in [2.45, 2.75) is 91.1 Å². The quantitative estimate of drug-likeness (QED) is 0.420. The van der Waals surface area contributed by atoms with Crippen LogP contribution < -0.4 is 0 Å². The predicted octanol–water partition coefficient (Wildman–Crippen LogP) is 5.25. The minimum Gasteiger partial charge on any atom is -0.481 e. The molecule has 0 radical (unpaired) electrons. The van der Waals surface area contributed by atoms with Gasteiger partial charge in [-0.15, -0.1) is 0 Å². The smallest absolute Gasteiger partial charge is 0.397 e.